The van der Waals surface area contributed by atoms with Gasteiger partial charge < -0.3 is 29.4 Å². The van der Waals surface area contributed by atoms with Crippen LogP contribution < -0.4 is 14.5 Å². The van der Waals surface area contributed by atoms with Crippen LogP contribution in [0.3, 0.4) is 0 Å². The Bertz CT molecular complexity index is 1620. The largest absolute Gasteiger partial charge is 0.475 e. The summed E-state index contributed by atoms with van der Waals surface area (Å²) in [7, 11) is 1.90. The number of benzene rings is 2. The molecule has 10 heteroatoms. The highest BCUT2D eigenvalue weighted by Gasteiger charge is 2.35. The molecule has 1 atom stereocenters. The number of aryl methyl sites for hydroxylation is 1. The minimum absolute atomic E-state index is 0.0505. The number of nitrogens with zero attached hydrogens (tertiary/aromatic N) is 7. The standard InChI is InChI=1S/C34H39N7O3/c1-4-31(43)41-16-15-40(22-26(41)11-13-35)33-27-12-14-39(30-10-6-9-25-8-5-7-24(2)32(25)30)23-29(27)37-34(28(33)21-36)44-20-18-38(3)17-19-42/h4-10,26,42H,1,11-12,14-20,22-23H2,2-3H3/t26-/m0/s1. The lowest BCUT2D eigenvalue weighted by atomic mass is 9.95. The molecule has 5 rings (SSSR count). The monoisotopic (exact) mass is 593 g/mol. The Morgan fingerprint density at radius 1 is 1.18 bits per heavy atom. The molecule has 3 heterocycles. The maximum atomic E-state index is 12.6. The van der Waals surface area contributed by atoms with E-state index in [0.29, 0.717) is 57.9 Å². The van der Waals surface area contributed by atoms with Crippen LogP contribution in [0.15, 0.2) is 49.1 Å². The van der Waals surface area contributed by atoms with Gasteiger partial charge in [0.2, 0.25) is 11.8 Å². The van der Waals surface area contributed by atoms with Crippen LogP contribution in [0.4, 0.5) is 11.4 Å². The second-order valence-corrected chi connectivity index (χ2v) is 11.4. The van der Waals surface area contributed by atoms with Gasteiger partial charge in [0, 0.05) is 55.9 Å². The molecular formula is C34H39N7O3. The Balaban J connectivity index is 1.55. The van der Waals surface area contributed by atoms with E-state index < -0.39 is 0 Å². The van der Waals surface area contributed by atoms with Gasteiger partial charge in [0.15, 0.2) is 0 Å². The number of carbonyl (C=O) groups excluding carboxylic acids is 1. The zero-order chi connectivity index (χ0) is 31.2. The Labute approximate surface area is 259 Å². The third-order valence-corrected chi connectivity index (χ3v) is 8.61. The average Bonchev–Trinajstić information content (AvgIpc) is 3.03. The van der Waals surface area contributed by atoms with Crippen LogP contribution in [0.1, 0.15) is 28.8 Å². The van der Waals surface area contributed by atoms with Crippen LogP contribution in [-0.2, 0) is 17.8 Å². The van der Waals surface area contributed by atoms with E-state index in [4.69, 9.17) is 9.72 Å². The molecule has 0 spiro atoms. The molecule has 0 saturated carbocycles. The summed E-state index contributed by atoms with van der Waals surface area (Å²) >= 11 is 0. The first kappa shape index (κ1) is 30.8. The topological polar surface area (TPSA) is 120 Å². The zero-order valence-electron chi connectivity index (χ0n) is 25.5. The summed E-state index contributed by atoms with van der Waals surface area (Å²) in [5.41, 5.74) is 5.40. The maximum absolute atomic E-state index is 12.6. The van der Waals surface area contributed by atoms with Gasteiger partial charge in [0.05, 0.1) is 43.1 Å². The number of nitriles is 2. The molecule has 10 nitrogen and oxygen atoms in total. The smallest absolute Gasteiger partial charge is 0.246 e. The Morgan fingerprint density at radius 3 is 2.70 bits per heavy atom. The molecule has 0 bridgehead atoms. The van der Waals surface area contributed by atoms with Gasteiger partial charge in [0.1, 0.15) is 18.2 Å². The number of piperazine rings is 1. The third kappa shape index (κ3) is 6.19. The summed E-state index contributed by atoms with van der Waals surface area (Å²) in [5, 5.41) is 31.7. The van der Waals surface area contributed by atoms with Crippen molar-refractivity contribution in [1.29, 1.82) is 10.5 Å². The van der Waals surface area contributed by atoms with Gasteiger partial charge in [0.25, 0.3) is 0 Å². The Kier molecular flexibility index (Phi) is 9.64. The maximum Gasteiger partial charge on any atom is 0.246 e. The second-order valence-electron chi connectivity index (χ2n) is 11.4. The summed E-state index contributed by atoms with van der Waals surface area (Å²) in [6, 6.07) is 17.0. The van der Waals surface area contributed by atoms with E-state index in [0.717, 1.165) is 29.2 Å². The molecule has 3 aromatic rings. The van der Waals surface area contributed by atoms with Crippen molar-refractivity contribution in [1.82, 2.24) is 14.8 Å². The SMILES string of the molecule is C=CC(=O)N1CCN(c2c(C#N)c(OCCN(C)CCO)nc3c2CCN(c2cccc4cccc(C)c24)C3)C[C@@H]1CC#N. The summed E-state index contributed by atoms with van der Waals surface area (Å²) in [6.07, 6.45) is 2.15. The van der Waals surface area contributed by atoms with Crippen molar-refractivity contribution in [2.75, 3.05) is 69.3 Å². The summed E-state index contributed by atoms with van der Waals surface area (Å²) < 4.78 is 6.19. The van der Waals surface area contributed by atoms with Crippen LogP contribution in [0.2, 0.25) is 0 Å². The lowest BCUT2D eigenvalue weighted by Crippen LogP contribution is -2.55. The number of amides is 1. The number of pyridine rings is 1. The van der Waals surface area contributed by atoms with Crippen molar-refractivity contribution in [3.63, 3.8) is 0 Å². The summed E-state index contributed by atoms with van der Waals surface area (Å²) in [5.74, 6) is 0.0928. The van der Waals surface area contributed by atoms with E-state index in [1.807, 2.05) is 11.9 Å². The van der Waals surface area contributed by atoms with E-state index in [1.54, 1.807) is 4.90 Å². The fourth-order valence-electron chi connectivity index (χ4n) is 6.39. The van der Waals surface area contributed by atoms with Crippen molar-refractivity contribution in [2.45, 2.75) is 32.4 Å². The Hall–Kier alpha value is -4.64. The predicted octanol–water partition coefficient (Wildman–Crippen LogP) is 3.40. The van der Waals surface area contributed by atoms with Gasteiger partial charge in [-0.25, -0.2) is 4.98 Å². The van der Waals surface area contributed by atoms with E-state index >= 15 is 0 Å². The molecule has 0 radical (unpaired) electrons. The van der Waals surface area contributed by atoms with Gasteiger partial charge >= 0.3 is 0 Å². The molecule has 2 aromatic carbocycles. The van der Waals surface area contributed by atoms with Gasteiger partial charge in [-0.3, -0.25) is 4.79 Å². The molecule has 2 aliphatic rings. The van der Waals surface area contributed by atoms with Gasteiger partial charge in [-0.05, 0) is 43.5 Å². The number of hydrogen-bond acceptors (Lipinski definition) is 9. The number of ether oxygens (including phenoxy) is 1. The van der Waals surface area contributed by atoms with Gasteiger partial charge in [-0.2, -0.15) is 10.5 Å². The molecule has 0 unspecified atom stereocenters. The molecule has 1 fully saturated rings. The number of carbonyl (C=O) groups is 1. The molecule has 2 aliphatic heterocycles. The van der Waals surface area contributed by atoms with Crippen LogP contribution in [-0.4, -0.2) is 91.4 Å². The highest BCUT2D eigenvalue weighted by atomic mass is 16.5. The van der Waals surface area contributed by atoms with Crippen LogP contribution >= 0.6 is 0 Å². The van der Waals surface area contributed by atoms with E-state index in [1.165, 1.54) is 22.4 Å². The molecule has 44 heavy (non-hydrogen) atoms. The van der Waals surface area contributed by atoms with Crippen LogP contribution in [0.5, 0.6) is 5.88 Å². The lowest BCUT2D eigenvalue weighted by molar-refractivity contribution is -0.128. The van der Waals surface area contributed by atoms with E-state index in [9.17, 15) is 20.4 Å². The number of likely N-dealkylation sites (N-methyl/N-ethyl adjacent to an activating group) is 1. The number of hydrogen-bond donors (Lipinski definition) is 1. The van der Waals surface area contributed by atoms with Crippen LogP contribution in [0.25, 0.3) is 10.8 Å². The first-order valence-electron chi connectivity index (χ1n) is 15.1. The fourth-order valence-corrected chi connectivity index (χ4v) is 6.39. The van der Waals surface area contributed by atoms with Crippen molar-refractivity contribution < 1.29 is 14.6 Å². The Morgan fingerprint density at radius 2 is 1.98 bits per heavy atom. The molecule has 0 aliphatic carbocycles. The number of aliphatic hydroxyl groups is 1. The minimum Gasteiger partial charge on any atom is -0.475 e. The number of anilines is 2. The number of fused-ring (bicyclic) bond motifs is 2. The highest BCUT2D eigenvalue weighted by Crippen LogP contribution is 2.40. The molecule has 1 amide bonds. The molecular weight excluding hydrogens is 554 g/mol. The first-order chi connectivity index (χ1) is 21.4. The quantitative estimate of drug-likeness (QED) is 0.353. The van der Waals surface area contributed by atoms with Crippen molar-refractivity contribution in [3.8, 4) is 18.0 Å². The van der Waals surface area contributed by atoms with E-state index in [-0.39, 0.29) is 30.9 Å². The van der Waals surface area contributed by atoms with Crippen molar-refractivity contribution in [2.24, 2.45) is 0 Å². The lowest BCUT2D eigenvalue weighted by Gasteiger charge is -2.43. The molecule has 1 N–H and O–H groups in total. The summed E-state index contributed by atoms with van der Waals surface area (Å²) in [4.78, 5) is 25.7. The molecule has 1 aromatic heterocycles. The molecule has 1 saturated heterocycles. The fraction of sp³-hybridized carbons (Fsp3) is 0.412. The number of aliphatic hydroxyl groups excluding tert-OH is 1. The third-order valence-electron chi connectivity index (χ3n) is 8.61. The first-order valence-corrected chi connectivity index (χ1v) is 15.1. The normalized spacial score (nSPS) is 16.4. The number of rotatable bonds is 10. The van der Waals surface area contributed by atoms with E-state index in [2.05, 4.69) is 71.8 Å². The van der Waals surface area contributed by atoms with Crippen LogP contribution in [0, 0.1) is 29.6 Å². The number of aromatic nitrogens is 1. The van der Waals surface area contributed by atoms with Gasteiger partial charge in [-0.1, -0.05) is 36.9 Å². The zero-order valence-corrected chi connectivity index (χ0v) is 25.5. The van der Waals surface area contributed by atoms with Crippen molar-refractivity contribution >= 4 is 28.1 Å². The second kappa shape index (κ2) is 13.8. The minimum atomic E-state index is -0.329. The average molecular weight is 594 g/mol. The van der Waals surface area contributed by atoms with Gasteiger partial charge in [-0.15, -0.1) is 0 Å². The van der Waals surface area contributed by atoms with Crippen molar-refractivity contribution in [3.05, 3.63) is 71.4 Å². The highest BCUT2D eigenvalue weighted by molar-refractivity contribution is 5.97. The predicted molar refractivity (Wildman–Crippen MR) is 171 cm³/mol. The molecule has 228 valence electrons. The summed E-state index contributed by atoms with van der Waals surface area (Å²) in [6.45, 7) is 9.86.